The minimum atomic E-state index is 0.0844. The summed E-state index contributed by atoms with van der Waals surface area (Å²) in [5.74, 6) is 0.0844. The number of carbonyl (C=O) groups excluding carboxylic acids is 1. The number of hydrogen-bond acceptors (Lipinski definition) is 2. The summed E-state index contributed by atoms with van der Waals surface area (Å²) in [7, 11) is 0. The first-order valence-electron chi connectivity index (χ1n) is 7.03. The van der Waals surface area contributed by atoms with E-state index in [0.717, 1.165) is 19.4 Å². The van der Waals surface area contributed by atoms with E-state index in [1.807, 2.05) is 17.0 Å². The zero-order valence-corrected chi connectivity index (χ0v) is 11.6. The van der Waals surface area contributed by atoms with E-state index in [1.165, 1.54) is 11.1 Å². The molecule has 0 aliphatic carbocycles. The van der Waals surface area contributed by atoms with Gasteiger partial charge in [0.15, 0.2) is 0 Å². The molecule has 0 radical (unpaired) electrons. The summed E-state index contributed by atoms with van der Waals surface area (Å²) in [5, 5.41) is 0. The molecule has 1 aliphatic rings. The normalized spacial score (nSPS) is 18.2. The number of likely N-dealkylation sites (tertiary alicyclic amines) is 1. The second-order valence-corrected chi connectivity index (χ2v) is 5.31. The molecule has 0 spiro atoms. The van der Waals surface area contributed by atoms with E-state index >= 15 is 0 Å². The molecule has 0 N–H and O–H groups in total. The molecular weight excluding hydrogens is 248 g/mol. The van der Waals surface area contributed by atoms with Crippen LogP contribution >= 0.6 is 0 Å². The van der Waals surface area contributed by atoms with E-state index in [-0.39, 0.29) is 11.9 Å². The topological polar surface area (TPSA) is 33.2 Å². The van der Waals surface area contributed by atoms with Crippen LogP contribution in [0.4, 0.5) is 0 Å². The van der Waals surface area contributed by atoms with Crippen molar-refractivity contribution in [3.63, 3.8) is 0 Å². The average molecular weight is 266 g/mol. The summed E-state index contributed by atoms with van der Waals surface area (Å²) in [6, 6.07) is 12.3. The number of rotatable bonds is 2. The standard InChI is InChI=1S/C17H18N2O/c1-13-6-8-14(9-7-13)16-5-3-11-19(16)17(20)15-4-2-10-18-12-15/h2,4,6-10,12,16H,3,5,11H2,1H3/t16-/m1/s1. The Bertz CT molecular complexity index is 592. The maximum atomic E-state index is 12.6. The molecule has 1 aromatic heterocycles. The third-order valence-corrected chi connectivity index (χ3v) is 3.88. The van der Waals surface area contributed by atoms with Crippen LogP contribution in [0.3, 0.4) is 0 Å². The van der Waals surface area contributed by atoms with Crippen molar-refractivity contribution >= 4 is 5.91 Å². The number of aryl methyl sites for hydroxylation is 1. The molecule has 3 heteroatoms. The van der Waals surface area contributed by atoms with E-state index in [4.69, 9.17) is 0 Å². The van der Waals surface area contributed by atoms with Crippen molar-refractivity contribution in [3.8, 4) is 0 Å². The van der Waals surface area contributed by atoms with Crippen molar-refractivity contribution in [2.75, 3.05) is 6.54 Å². The Morgan fingerprint density at radius 2 is 2.05 bits per heavy atom. The van der Waals surface area contributed by atoms with Crippen LogP contribution in [-0.4, -0.2) is 22.3 Å². The van der Waals surface area contributed by atoms with Crippen molar-refractivity contribution in [3.05, 3.63) is 65.5 Å². The SMILES string of the molecule is Cc1ccc([C@H]2CCCN2C(=O)c2cccnc2)cc1. The van der Waals surface area contributed by atoms with Crippen LogP contribution in [-0.2, 0) is 0 Å². The van der Waals surface area contributed by atoms with Gasteiger partial charge in [-0.3, -0.25) is 9.78 Å². The van der Waals surface area contributed by atoms with Gasteiger partial charge in [0.2, 0.25) is 0 Å². The fraction of sp³-hybridized carbons (Fsp3) is 0.294. The summed E-state index contributed by atoms with van der Waals surface area (Å²) >= 11 is 0. The van der Waals surface area contributed by atoms with Gasteiger partial charge in [-0.1, -0.05) is 29.8 Å². The van der Waals surface area contributed by atoms with Gasteiger partial charge in [-0.2, -0.15) is 0 Å². The third-order valence-electron chi connectivity index (χ3n) is 3.88. The molecule has 2 heterocycles. The lowest BCUT2D eigenvalue weighted by Gasteiger charge is -2.25. The summed E-state index contributed by atoms with van der Waals surface area (Å²) in [6.07, 6.45) is 5.44. The van der Waals surface area contributed by atoms with Gasteiger partial charge in [-0.25, -0.2) is 0 Å². The summed E-state index contributed by atoms with van der Waals surface area (Å²) in [4.78, 5) is 18.6. The second-order valence-electron chi connectivity index (χ2n) is 5.31. The summed E-state index contributed by atoms with van der Waals surface area (Å²) in [6.45, 7) is 2.91. The Kier molecular flexibility index (Phi) is 3.50. The Balaban J connectivity index is 1.86. The zero-order valence-electron chi connectivity index (χ0n) is 11.6. The molecule has 1 atom stereocenters. The van der Waals surface area contributed by atoms with E-state index < -0.39 is 0 Å². The van der Waals surface area contributed by atoms with Crippen LogP contribution < -0.4 is 0 Å². The Hall–Kier alpha value is -2.16. The molecule has 0 saturated carbocycles. The number of aromatic nitrogens is 1. The minimum absolute atomic E-state index is 0.0844. The Morgan fingerprint density at radius 1 is 1.25 bits per heavy atom. The first kappa shape index (κ1) is 12.9. The molecular formula is C17H18N2O. The number of amides is 1. The molecule has 1 amide bonds. The van der Waals surface area contributed by atoms with Crippen molar-refractivity contribution in [1.82, 2.24) is 9.88 Å². The van der Waals surface area contributed by atoms with Gasteiger partial charge >= 0.3 is 0 Å². The van der Waals surface area contributed by atoms with Gasteiger partial charge in [0.05, 0.1) is 11.6 Å². The first-order valence-corrected chi connectivity index (χ1v) is 7.03. The van der Waals surface area contributed by atoms with Crippen LogP contribution in [0.25, 0.3) is 0 Å². The van der Waals surface area contributed by atoms with Gasteiger partial charge in [-0.05, 0) is 37.5 Å². The molecule has 1 saturated heterocycles. The molecule has 1 aliphatic heterocycles. The smallest absolute Gasteiger partial charge is 0.255 e. The van der Waals surface area contributed by atoms with E-state index in [2.05, 4.69) is 36.2 Å². The van der Waals surface area contributed by atoms with Crippen molar-refractivity contribution in [1.29, 1.82) is 0 Å². The largest absolute Gasteiger partial charge is 0.332 e. The van der Waals surface area contributed by atoms with Gasteiger partial charge in [0.1, 0.15) is 0 Å². The maximum Gasteiger partial charge on any atom is 0.255 e. The maximum absolute atomic E-state index is 12.6. The monoisotopic (exact) mass is 266 g/mol. The zero-order chi connectivity index (χ0) is 13.9. The molecule has 3 rings (SSSR count). The van der Waals surface area contributed by atoms with Crippen molar-refractivity contribution in [2.45, 2.75) is 25.8 Å². The highest BCUT2D eigenvalue weighted by atomic mass is 16.2. The second kappa shape index (κ2) is 5.45. The summed E-state index contributed by atoms with van der Waals surface area (Å²) < 4.78 is 0. The van der Waals surface area contributed by atoms with E-state index in [1.54, 1.807) is 12.4 Å². The molecule has 0 unspecified atom stereocenters. The highest BCUT2D eigenvalue weighted by Gasteiger charge is 2.30. The highest BCUT2D eigenvalue weighted by Crippen LogP contribution is 2.33. The predicted molar refractivity (Wildman–Crippen MR) is 78.4 cm³/mol. The van der Waals surface area contributed by atoms with Crippen molar-refractivity contribution in [2.24, 2.45) is 0 Å². The number of nitrogens with zero attached hydrogens (tertiary/aromatic N) is 2. The van der Waals surface area contributed by atoms with Crippen LogP contribution in [0.15, 0.2) is 48.8 Å². The van der Waals surface area contributed by atoms with Gasteiger partial charge in [0.25, 0.3) is 5.91 Å². The molecule has 0 bridgehead atoms. The van der Waals surface area contributed by atoms with E-state index in [0.29, 0.717) is 5.56 Å². The van der Waals surface area contributed by atoms with Crippen molar-refractivity contribution < 1.29 is 4.79 Å². The Morgan fingerprint density at radius 3 is 2.75 bits per heavy atom. The lowest BCUT2D eigenvalue weighted by molar-refractivity contribution is 0.0735. The molecule has 1 fully saturated rings. The fourth-order valence-corrected chi connectivity index (χ4v) is 2.80. The van der Waals surface area contributed by atoms with Gasteiger partial charge in [0, 0.05) is 18.9 Å². The van der Waals surface area contributed by atoms with E-state index in [9.17, 15) is 4.79 Å². The number of benzene rings is 1. The molecule has 3 nitrogen and oxygen atoms in total. The average Bonchev–Trinajstić information content (AvgIpc) is 2.97. The molecule has 102 valence electrons. The lowest BCUT2D eigenvalue weighted by Crippen LogP contribution is -2.30. The number of hydrogen-bond donors (Lipinski definition) is 0. The van der Waals surface area contributed by atoms with Crippen LogP contribution in [0.2, 0.25) is 0 Å². The fourth-order valence-electron chi connectivity index (χ4n) is 2.80. The quantitative estimate of drug-likeness (QED) is 0.835. The van der Waals surface area contributed by atoms with Crippen LogP contribution in [0, 0.1) is 6.92 Å². The molecule has 20 heavy (non-hydrogen) atoms. The highest BCUT2D eigenvalue weighted by molar-refractivity contribution is 5.94. The summed E-state index contributed by atoms with van der Waals surface area (Å²) in [5.41, 5.74) is 3.15. The van der Waals surface area contributed by atoms with Crippen LogP contribution in [0.1, 0.15) is 40.4 Å². The third kappa shape index (κ3) is 2.44. The molecule has 2 aromatic rings. The Labute approximate surface area is 119 Å². The minimum Gasteiger partial charge on any atom is -0.332 e. The number of pyridine rings is 1. The number of carbonyl (C=O) groups is 1. The van der Waals surface area contributed by atoms with Gasteiger partial charge in [-0.15, -0.1) is 0 Å². The lowest BCUT2D eigenvalue weighted by atomic mass is 10.0. The predicted octanol–water partition coefficient (Wildman–Crippen LogP) is 3.37. The van der Waals surface area contributed by atoms with Crippen LogP contribution in [0.5, 0.6) is 0 Å². The molecule has 1 aromatic carbocycles. The van der Waals surface area contributed by atoms with Gasteiger partial charge < -0.3 is 4.90 Å². The first-order chi connectivity index (χ1) is 9.75.